The van der Waals surface area contributed by atoms with Crippen LogP contribution in [0.3, 0.4) is 0 Å². The van der Waals surface area contributed by atoms with Gasteiger partial charge in [-0.3, -0.25) is 4.79 Å². The Labute approximate surface area is 133 Å². The molecule has 6 heteroatoms. The van der Waals surface area contributed by atoms with Crippen LogP contribution >= 0.6 is 23.5 Å². The van der Waals surface area contributed by atoms with Crippen LogP contribution in [-0.4, -0.2) is 44.8 Å². The van der Waals surface area contributed by atoms with Gasteiger partial charge in [-0.25, -0.2) is 4.79 Å². The number of nitrogens with zero attached hydrogens (tertiary/aromatic N) is 1. The van der Waals surface area contributed by atoms with E-state index in [4.69, 9.17) is 5.11 Å². The molecule has 0 saturated carbocycles. The first-order chi connectivity index (χ1) is 9.99. The Morgan fingerprint density at radius 2 is 2.05 bits per heavy atom. The first-order valence-corrected chi connectivity index (χ1v) is 8.98. The van der Waals surface area contributed by atoms with Crippen molar-refractivity contribution < 1.29 is 14.7 Å². The third-order valence-corrected chi connectivity index (χ3v) is 5.62. The maximum absolute atomic E-state index is 12.2. The highest BCUT2D eigenvalue weighted by molar-refractivity contribution is 8.00. The van der Waals surface area contributed by atoms with Crippen LogP contribution in [-0.2, 0) is 15.3 Å². The SMILES string of the molecule is Cc1ccc(CSCC(=O)N2C(C)SCC2C(=O)O)cc1. The summed E-state index contributed by atoms with van der Waals surface area (Å²) in [4.78, 5) is 24.9. The summed E-state index contributed by atoms with van der Waals surface area (Å²) < 4.78 is 0. The lowest BCUT2D eigenvalue weighted by molar-refractivity contribution is -0.147. The third-order valence-electron chi connectivity index (χ3n) is 3.41. The molecule has 1 aliphatic rings. The number of rotatable bonds is 5. The van der Waals surface area contributed by atoms with Gasteiger partial charge in [0.15, 0.2) is 0 Å². The highest BCUT2D eigenvalue weighted by atomic mass is 32.2. The summed E-state index contributed by atoms with van der Waals surface area (Å²) in [7, 11) is 0. The van der Waals surface area contributed by atoms with Crippen molar-refractivity contribution in [3.8, 4) is 0 Å². The second-order valence-corrected chi connectivity index (χ2v) is 7.40. The lowest BCUT2D eigenvalue weighted by atomic mass is 10.2. The van der Waals surface area contributed by atoms with Gasteiger partial charge in [0.25, 0.3) is 0 Å². The summed E-state index contributed by atoms with van der Waals surface area (Å²) in [5, 5.41) is 9.11. The second kappa shape index (κ2) is 7.22. The zero-order valence-corrected chi connectivity index (χ0v) is 13.7. The molecule has 1 aromatic rings. The predicted molar refractivity (Wildman–Crippen MR) is 87.5 cm³/mol. The van der Waals surface area contributed by atoms with E-state index in [-0.39, 0.29) is 11.3 Å². The molecule has 0 aliphatic carbocycles. The van der Waals surface area contributed by atoms with E-state index in [9.17, 15) is 9.59 Å². The van der Waals surface area contributed by atoms with Crippen LogP contribution in [0.2, 0.25) is 0 Å². The summed E-state index contributed by atoms with van der Waals surface area (Å²) in [5.41, 5.74) is 2.39. The van der Waals surface area contributed by atoms with E-state index < -0.39 is 12.0 Å². The van der Waals surface area contributed by atoms with E-state index in [1.165, 1.54) is 39.6 Å². The van der Waals surface area contributed by atoms with Gasteiger partial charge in [0.2, 0.25) is 5.91 Å². The van der Waals surface area contributed by atoms with Crippen molar-refractivity contribution in [3.05, 3.63) is 35.4 Å². The van der Waals surface area contributed by atoms with Crippen LogP contribution in [0.1, 0.15) is 18.1 Å². The molecule has 0 radical (unpaired) electrons. The number of thioether (sulfide) groups is 2. The molecule has 4 nitrogen and oxygen atoms in total. The summed E-state index contributed by atoms with van der Waals surface area (Å²) in [6.07, 6.45) is 0. The quantitative estimate of drug-likeness (QED) is 0.902. The number of benzene rings is 1. The van der Waals surface area contributed by atoms with Gasteiger partial charge in [0.1, 0.15) is 6.04 Å². The Hall–Kier alpha value is -1.14. The highest BCUT2D eigenvalue weighted by Crippen LogP contribution is 2.29. The van der Waals surface area contributed by atoms with E-state index in [0.717, 1.165) is 5.75 Å². The summed E-state index contributed by atoms with van der Waals surface area (Å²) >= 11 is 3.05. The third kappa shape index (κ3) is 4.17. The second-order valence-electron chi connectivity index (χ2n) is 5.07. The molecule has 0 bridgehead atoms. The number of hydrogen-bond donors (Lipinski definition) is 1. The van der Waals surface area contributed by atoms with Crippen LogP contribution in [0.15, 0.2) is 24.3 Å². The minimum Gasteiger partial charge on any atom is -0.480 e. The molecule has 1 aliphatic heterocycles. The topological polar surface area (TPSA) is 57.6 Å². The number of aliphatic carboxylic acids is 1. The molecule has 1 amide bonds. The minimum absolute atomic E-state index is 0.0569. The monoisotopic (exact) mass is 325 g/mol. The predicted octanol–water partition coefficient (Wildman–Crippen LogP) is 2.60. The molecule has 1 saturated heterocycles. The Kier molecular flexibility index (Phi) is 5.58. The van der Waals surface area contributed by atoms with Crippen molar-refractivity contribution in [2.45, 2.75) is 31.0 Å². The van der Waals surface area contributed by atoms with Crippen molar-refractivity contribution >= 4 is 35.4 Å². The van der Waals surface area contributed by atoms with Gasteiger partial charge < -0.3 is 10.0 Å². The maximum atomic E-state index is 12.2. The summed E-state index contributed by atoms with van der Waals surface area (Å²) in [6, 6.07) is 7.54. The number of carbonyl (C=O) groups excluding carboxylic acids is 1. The molecule has 1 N–H and O–H groups in total. The van der Waals surface area contributed by atoms with Crippen LogP contribution in [0.4, 0.5) is 0 Å². The van der Waals surface area contributed by atoms with Gasteiger partial charge in [0.05, 0.1) is 11.1 Å². The number of aryl methyl sites for hydroxylation is 1. The smallest absolute Gasteiger partial charge is 0.327 e. The molecule has 2 unspecified atom stereocenters. The Bertz CT molecular complexity index is 518. The molecule has 0 spiro atoms. The Morgan fingerprint density at radius 3 is 2.67 bits per heavy atom. The molecule has 1 aromatic carbocycles. The van der Waals surface area contributed by atoms with Crippen molar-refractivity contribution in [1.82, 2.24) is 4.90 Å². The van der Waals surface area contributed by atoms with Crippen molar-refractivity contribution in [3.63, 3.8) is 0 Å². The first-order valence-electron chi connectivity index (χ1n) is 6.78. The fourth-order valence-corrected chi connectivity index (χ4v) is 4.27. The molecule has 1 heterocycles. The minimum atomic E-state index is -0.913. The molecule has 1 fully saturated rings. The standard InChI is InChI=1S/C15H19NO3S2/c1-10-3-5-12(6-4-10)7-20-9-14(17)16-11(2)21-8-13(16)15(18)19/h3-6,11,13H,7-9H2,1-2H3,(H,18,19). The largest absolute Gasteiger partial charge is 0.480 e. The maximum Gasteiger partial charge on any atom is 0.327 e. The van der Waals surface area contributed by atoms with E-state index >= 15 is 0 Å². The van der Waals surface area contributed by atoms with Crippen molar-refractivity contribution in [1.29, 1.82) is 0 Å². The number of carboxylic acid groups (broad SMARTS) is 1. The van der Waals surface area contributed by atoms with Gasteiger partial charge in [-0.05, 0) is 19.4 Å². The highest BCUT2D eigenvalue weighted by Gasteiger charge is 2.38. The number of carboxylic acids is 1. The van der Waals surface area contributed by atoms with Crippen molar-refractivity contribution in [2.24, 2.45) is 0 Å². The zero-order valence-electron chi connectivity index (χ0n) is 12.1. The van der Waals surface area contributed by atoms with Gasteiger partial charge in [-0.15, -0.1) is 23.5 Å². The molecule has 21 heavy (non-hydrogen) atoms. The Balaban J connectivity index is 1.86. The van der Waals surface area contributed by atoms with E-state index in [1.54, 1.807) is 0 Å². The van der Waals surface area contributed by atoms with E-state index in [2.05, 4.69) is 24.3 Å². The van der Waals surface area contributed by atoms with Crippen LogP contribution in [0, 0.1) is 6.92 Å². The number of amides is 1. The average Bonchev–Trinajstić information content (AvgIpc) is 2.83. The molecule has 114 valence electrons. The van der Waals surface area contributed by atoms with Crippen molar-refractivity contribution in [2.75, 3.05) is 11.5 Å². The van der Waals surface area contributed by atoms with Gasteiger partial charge in [0, 0.05) is 11.5 Å². The fourth-order valence-electron chi connectivity index (χ4n) is 2.23. The molecule has 2 rings (SSSR count). The average molecular weight is 325 g/mol. The van der Waals surface area contributed by atoms with Gasteiger partial charge in [-0.1, -0.05) is 29.8 Å². The lowest BCUT2D eigenvalue weighted by Gasteiger charge is -2.24. The normalized spacial score (nSPS) is 21.5. The van der Waals surface area contributed by atoms with Gasteiger partial charge >= 0.3 is 5.97 Å². The number of hydrogen-bond acceptors (Lipinski definition) is 4. The van der Waals surface area contributed by atoms with Crippen LogP contribution in [0.5, 0.6) is 0 Å². The number of carbonyl (C=O) groups is 2. The summed E-state index contributed by atoms with van der Waals surface area (Å²) in [6.45, 7) is 3.93. The van der Waals surface area contributed by atoms with E-state index in [1.807, 2.05) is 13.8 Å². The first kappa shape index (κ1) is 16.2. The molecular weight excluding hydrogens is 306 g/mol. The molecule has 0 aromatic heterocycles. The van der Waals surface area contributed by atoms with Gasteiger partial charge in [-0.2, -0.15) is 0 Å². The molecular formula is C15H19NO3S2. The fraction of sp³-hybridized carbons (Fsp3) is 0.467. The Morgan fingerprint density at radius 1 is 1.38 bits per heavy atom. The molecule has 2 atom stereocenters. The lowest BCUT2D eigenvalue weighted by Crippen LogP contribution is -2.45. The summed E-state index contributed by atoms with van der Waals surface area (Å²) in [5.74, 6) is 0.563. The van der Waals surface area contributed by atoms with E-state index in [0.29, 0.717) is 11.5 Å². The van der Waals surface area contributed by atoms with Crippen LogP contribution in [0.25, 0.3) is 0 Å². The zero-order chi connectivity index (χ0) is 15.4. The van der Waals surface area contributed by atoms with Crippen LogP contribution < -0.4 is 0 Å².